The molecule has 1 rings (SSSR count). The standard InChI is InChI=1S/C9H14O2/c1-3-7-5-4-6(2)8(10)9(7)11/h6,11H,3-5H2,1-2H3. The van der Waals surface area contributed by atoms with E-state index in [2.05, 4.69) is 0 Å². The van der Waals surface area contributed by atoms with Gasteiger partial charge in [0.2, 0.25) is 0 Å². The van der Waals surface area contributed by atoms with Crippen molar-refractivity contribution in [3.05, 3.63) is 11.3 Å². The number of ketones is 1. The second-order valence-corrected chi connectivity index (χ2v) is 3.11. The van der Waals surface area contributed by atoms with Crippen molar-refractivity contribution in [3.63, 3.8) is 0 Å². The molecule has 0 aromatic heterocycles. The number of carbonyl (C=O) groups is 1. The smallest absolute Gasteiger partial charge is 0.199 e. The number of aliphatic hydroxyl groups is 1. The highest BCUT2D eigenvalue weighted by atomic mass is 16.3. The molecule has 0 saturated heterocycles. The molecule has 0 fully saturated rings. The van der Waals surface area contributed by atoms with Crippen LogP contribution >= 0.6 is 0 Å². The Kier molecular flexibility index (Phi) is 2.32. The summed E-state index contributed by atoms with van der Waals surface area (Å²) < 4.78 is 0. The van der Waals surface area contributed by atoms with Gasteiger partial charge in [0.25, 0.3) is 0 Å². The van der Waals surface area contributed by atoms with Crippen molar-refractivity contribution >= 4 is 5.78 Å². The van der Waals surface area contributed by atoms with E-state index in [1.807, 2.05) is 13.8 Å². The van der Waals surface area contributed by atoms with E-state index < -0.39 is 0 Å². The van der Waals surface area contributed by atoms with Crippen molar-refractivity contribution < 1.29 is 9.90 Å². The zero-order valence-corrected chi connectivity index (χ0v) is 7.05. The van der Waals surface area contributed by atoms with Crippen LogP contribution in [0.5, 0.6) is 0 Å². The minimum Gasteiger partial charge on any atom is -0.504 e. The Morgan fingerprint density at radius 2 is 2.27 bits per heavy atom. The molecule has 0 bridgehead atoms. The quantitative estimate of drug-likeness (QED) is 0.628. The Hall–Kier alpha value is -0.790. The van der Waals surface area contributed by atoms with Crippen LogP contribution in [-0.4, -0.2) is 10.9 Å². The van der Waals surface area contributed by atoms with Crippen molar-refractivity contribution in [2.24, 2.45) is 5.92 Å². The first-order chi connectivity index (χ1) is 5.16. The van der Waals surface area contributed by atoms with Crippen LogP contribution in [0.1, 0.15) is 33.1 Å². The Morgan fingerprint density at radius 3 is 2.82 bits per heavy atom. The molecule has 0 heterocycles. The minimum atomic E-state index is -0.0758. The number of allylic oxidation sites excluding steroid dienone is 2. The fraction of sp³-hybridized carbons (Fsp3) is 0.667. The Balaban J connectivity index is 2.87. The van der Waals surface area contributed by atoms with Gasteiger partial charge in [-0.3, -0.25) is 4.79 Å². The molecule has 1 unspecified atom stereocenters. The topological polar surface area (TPSA) is 37.3 Å². The molecule has 0 amide bonds. The lowest BCUT2D eigenvalue weighted by Crippen LogP contribution is -2.19. The lowest BCUT2D eigenvalue weighted by atomic mass is 9.87. The van der Waals surface area contributed by atoms with E-state index in [9.17, 15) is 9.90 Å². The molecular formula is C9H14O2. The number of hydrogen-bond donors (Lipinski definition) is 1. The van der Waals surface area contributed by atoms with Crippen molar-refractivity contribution in [1.29, 1.82) is 0 Å². The van der Waals surface area contributed by atoms with E-state index in [1.165, 1.54) is 0 Å². The Labute approximate surface area is 66.9 Å². The first-order valence-corrected chi connectivity index (χ1v) is 4.12. The molecular weight excluding hydrogens is 140 g/mol. The number of aliphatic hydroxyl groups excluding tert-OH is 1. The number of Topliss-reactive ketones (excluding diaryl/α,β-unsaturated/α-hetero) is 1. The third-order valence-electron chi connectivity index (χ3n) is 2.32. The highest BCUT2D eigenvalue weighted by Crippen LogP contribution is 2.26. The van der Waals surface area contributed by atoms with Gasteiger partial charge >= 0.3 is 0 Å². The van der Waals surface area contributed by atoms with Gasteiger partial charge in [-0.1, -0.05) is 13.8 Å². The van der Waals surface area contributed by atoms with Crippen LogP contribution in [0.2, 0.25) is 0 Å². The Bertz CT molecular complexity index is 204. The molecule has 0 saturated carbocycles. The van der Waals surface area contributed by atoms with Crippen LogP contribution in [0, 0.1) is 5.92 Å². The predicted molar refractivity (Wildman–Crippen MR) is 43.4 cm³/mol. The molecule has 0 aromatic rings. The van der Waals surface area contributed by atoms with Gasteiger partial charge in [-0.25, -0.2) is 0 Å². The van der Waals surface area contributed by atoms with Gasteiger partial charge in [-0.2, -0.15) is 0 Å². The van der Waals surface area contributed by atoms with Gasteiger partial charge < -0.3 is 5.11 Å². The van der Waals surface area contributed by atoms with Crippen LogP contribution in [-0.2, 0) is 4.79 Å². The van der Waals surface area contributed by atoms with Crippen molar-refractivity contribution in [1.82, 2.24) is 0 Å². The van der Waals surface area contributed by atoms with E-state index in [-0.39, 0.29) is 17.5 Å². The van der Waals surface area contributed by atoms with Crippen LogP contribution in [0.3, 0.4) is 0 Å². The molecule has 1 N–H and O–H groups in total. The summed E-state index contributed by atoms with van der Waals surface area (Å²) in [7, 11) is 0. The first-order valence-electron chi connectivity index (χ1n) is 4.12. The second kappa shape index (κ2) is 3.07. The normalized spacial score (nSPS) is 26.0. The molecule has 1 aliphatic carbocycles. The van der Waals surface area contributed by atoms with Gasteiger partial charge in [-0.15, -0.1) is 0 Å². The number of rotatable bonds is 1. The summed E-state index contributed by atoms with van der Waals surface area (Å²) in [5.74, 6) is -0.0235. The molecule has 11 heavy (non-hydrogen) atoms. The largest absolute Gasteiger partial charge is 0.504 e. The highest BCUT2D eigenvalue weighted by Gasteiger charge is 2.24. The summed E-state index contributed by atoms with van der Waals surface area (Å²) in [5, 5.41) is 9.34. The maximum absolute atomic E-state index is 11.2. The number of hydrogen-bond acceptors (Lipinski definition) is 2. The summed E-state index contributed by atoms with van der Waals surface area (Å²) in [4.78, 5) is 11.2. The zero-order valence-electron chi connectivity index (χ0n) is 7.05. The Morgan fingerprint density at radius 1 is 1.64 bits per heavy atom. The van der Waals surface area contributed by atoms with Gasteiger partial charge in [-0.05, 0) is 24.8 Å². The lowest BCUT2D eigenvalue weighted by Gasteiger charge is -2.18. The monoisotopic (exact) mass is 154 g/mol. The van der Waals surface area contributed by atoms with E-state index >= 15 is 0 Å². The molecule has 1 atom stereocenters. The molecule has 0 radical (unpaired) electrons. The van der Waals surface area contributed by atoms with Crippen LogP contribution < -0.4 is 0 Å². The molecule has 62 valence electrons. The average molecular weight is 154 g/mol. The zero-order chi connectivity index (χ0) is 8.43. The van der Waals surface area contributed by atoms with E-state index in [4.69, 9.17) is 0 Å². The van der Waals surface area contributed by atoms with E-state index in [0.717, 1.165) is 24.8 Å². The molecule has 0 aliphatic heterocycles. The highest BCUT2D eigenvalue weighted by molar-refractivity contribution is 5.96. The summed E-state index contributed by atoms with van der Waals surface area (Å²) in [5.41, 5.74) is 0.924. The SMILES string of the molecule is CCC1=C(O)C(=O)C(C)CC1. The molecule has 1 aliphatic rings. The molecule has 0 aromatic carbocycles. The third kappa shape index (κ3) is 1.44. The van der Waals surface area contributed by atoms with Crippen LogP contribution in [0.15, 0.2) is 11.3 Å². The van der Waals surface area contributed by atoms with Crippen molar-refractivity contribution in [2.45, 2.75) is 33.1 Å². The first kappa shape index (κ1) is 8.31. The van der Waals surface area contributed by atoms with E-state index in [0.29, 0.717) is 0 Å². The average Bonchev–Trinajstić information content (AvgIpc) is 2.01. The summed E-state index contributed by atoms with van der Waals surface area (Å²) >= 11 is 0. The van der Waals surface area contributed by atoms with E-state index in [1.54, 1.807) is 0 Å². The summed E-state index contributed by atoms with van der Waals surface area (Å²) in [6, 6.07) is 0. The van der Waals surface area contributed by atoms with Crippen molar-refractivity contribution in [2.75, 3.05) is 0 Å². The van der Waals surface area contributed by atoms with Crippen molar-refractivity contribution in [3.8, 4) is 0 Å². The third-order valence-corrected chi connectivity index (χ3v) is 2.32. The van der Waals surface area contributed by atoms with Crippen LogP contribution in [0.25, 0.3) is 0 Å². The molecule has 2 nitrogen and oxygen atoms in total. The maximum atomic E-state index is 11.2. The van der Waals surface area contributed by atoms with Gasteiger partial charge in [0.05, 0.1) is 0 Å². The number of carbonyl (C=O) groups excluding carboxylic acids is 1. The second-order valence-electron chi connectivity index (χ2n) is 3.11. The molecule has 2 heteroatoms. The van der Waals surface area contributed by atoms with Gasteiger partial charge in [0, 0.05) is 5.92 Å². The fourth-order valence-corrected chi connectivity index (χ4v) is 1.39. The fourth-order valence-electron chi connectivity index (χ4n) is 1.39. The summed E-state index contributed by atoms with van der Waals surface area (Å²) in [6.45, 7) is 3.83. The van der Waals surface area contributed by atoms with Gasteiger partial charge in [0.15, 0.2) is 11.5 Å². The predicted octanol–water partition coefficient (Wildman–Crippen LogP) is 2.21. The lowest BCUT2D eigenvalue weighted by molar-refractivity contribution is -0.122. The summed E-state index contributed by atoms with van der Waals surface area (Å²) in [6.07, 6.45) is 2.58. The maximum Gasteiger partial charge on any atom is 0.199 e. The molecule has 0 spiro atoms. The minimum absolute atomic E-state index is 0.0188. The van der Waals surface area contributed by atoms with Crippen LogP contribution in [0.4, 0.5) is 0 Å². The van der Waals surface area contributed by atoms with Gasteiger partial charge in [0.1, 0.15) is 0 Å².